The van der Waals surface area contributed by atoms with E-state index in [1.165, 1.54) is 25.9 Å². The van der Waals surface area contributed by atoms with Gasteiger partial charge < -0.3 is 20.1 Å². The first kappa shape index (κ1) is 12.8. The molecule has 1 aromatic carbocycles. The Bertz CT molecular complexity index is 442. The maximum absolute atomic E-state index is 6.32. The zero-order valence-electron chi connectivity index (χ0n) is 11.5. The van der Waals surface area contributed by atoms with E-state index in [4.69, 9.17) is 15.2 Å². The molecule has 2 N–H and O–H groups in total. The molecule has 3 rings (SSSR count). The SMILES string of the molecule is CC1CCN(CC(N)c2ccc3c(c2)OCO3)CC1. The minimum absolute atomic E-state index is 0.0444. The van der Waals surface area contributed by atoms with E-state index in [9.17, 15) is 0 Å². The van der Waals surface area contributed by atoms with Crippen LogP contribution in [0.25, 0.3) is 0 Å². The van der Waals surface area contributed by atoms with Gasteiger partial charge in [-0.1, -0.05) is 13.0 Å². The standard InChI is InChI=1S/C15H22N2O2/c1-11-4-6-17(7-5-11)9-13(16)12-2-3-14-15(8-12)19-10-18-14/h2-3,8,11,13H,4-7,9-10,16H2,1H3. The summed E-state index contributed by atoms with van der Waals surface area (Å²) in [5.74, 6) is 2.50. The van der Waals surface area contributed by atoms with Crippen LogP contribution in [0.3, 0.4) is 0 Å². The predicted octanol–water partition coefficient (Wildman–Crippen LogP) is 2.15. The van der Waals surface area contributed by atoms with Crippen molar-refractivity contribution in [2.75, 3.05) is 26.4 Å². The first-order valence-corrected chi connectivity index (χ1v) is 7.10. The van der Waals surface area contributed by atoms with Crippen molar-refractivity contribution < 1.29 is 9.47 Å². The second kappa shape index (κ2) is 5.39. The number of ether oxygens (including phenoxy) is 2. The van der Waals surface area contributed by atoms with Gasteiger partial charge in [-0.15, -0.1) is 0 Å². The highest BCUT2D eigenvalue weighted by molar-refractivity contribution is 5.45. The number of benzene rings is 1. The monoisotopic (exact) mass is 262 g/mol. The Morgan fingerprint density at radius 3 is 2.79 bits per heavy atom. The summed E-state index contributed by atoms with van der Waals surface area (Å²) in [4.78, 5) is 2.47. The van der Waals surface area contributed by atoms with Crippen LogP contribution in [0, 0.1) is 5.92 Å². The summed E-state index contributed by atoms with van der Waals surface area (Å²) in [5.41, 5.74) is 7.44. The largest absolute Gasteiger partial charge is 0.454 e. The fraction of sp³-hybridized carbons (Fsp3) is 0.600. The number of piperidine rings is 1. The third-order valence-electron chi connectivity index (χ3n) is 4.16. The van der Waals surface area contributed by atoms with Crippen molar-refractivity contribution in [3.8, 4) is 11.5 Å². The molecule has 0 aromatic heterocycles. The molecule has 1 atom stereocenters. The van der Waals surface area contributed by atoms with Crippen LogP contribution < -0.4 is 15.2 Å². The van der Waals surface area contributed by atoms with Gasteiger partial charge in [-0.3, -0.25) is 0 Å². The lowest BCUT2D eigenvalue weighted by atomic mass is 9.98. The number of fused-ring (bicyclic) bond motifs is 1. The lowest BCUT2D eigenvalue weighted by molar-refractivity contribution is 0.173. The quantitative estimate of drug-likeness (QED) is 0.906. The van der Waals surface area contributed by atoms with Crippen molar-refractivity contribution in [2.24, 2.45) is 11.7 Å². The lowest BCUT2D eigenvalue weighted by Crippen LogP contribution is -2.38. The Kier molecular flexibility index (Phi) is 3.62. The zero-order valence-corrected chi connectivity index (χ0v) is 11.5. The van der Waals surface area contributed by atoms with E-state index in [2.05, 4.69) is 11.8 Å². The molecular formula is C15H22N2O2. The number of nitrogens with two attached hydrogens (primary N) is 1. The molecule has 0 spiro atoms. The van der Waals surface area contributed by atoms with Gasteiger partial charge in [0.05, 0.1) is 0 Å². The number of hydrogen-bond donors (Lipinski definition) is 1. The summed E-state index contributed by atoms with van der Waals surface area (Å²) in [6.07, 6.45) is 2.57. The number of rotatable bonds is 3. The van der Waals surface area contributed by atoms with Gasteiger partial charge in [0.2, 0.25) is 6.79 Å². The molecule has 0 radical (unpaired) electrons. The van der Waals surface area contributed by atoms with E-state index >= 15 is 0 Å². The highest BCUT2D eigenvalue weighted by Gasteiger charge is 2.20. The van der Waals surface area contributed by atoms with Crippen LogP contribution in [0.15, 0.2) is 18.2 Å². The summed E-state index contributed by atoms with van der Waals surface area (Å²) in [6, 6.07) is 6.06. The van der Waals surface area contributed by atoms with Gasteiger partial charge >= 0.3 is 0 Å². The van der Waals surface area contributed by atoms with Crippen LogP contribution >= 0.6 is 0 Å². The molecule has 4 nitrogen and oxygen atoms in total. The second-order valence-corrected chi connectivity index (χ2v) is 5.70. The third kappa shape index (κ3) is 2.85. The van der Waals surface area contributed by atoms with E-state index in [1.807, 2.05) is 18.2 Å². The molecule has 2 heterocycles. The highest BCUT2D eigenvalue weighted by Crippen LogP contribution is 2.34. The number of nitrogens with zero attached hydrogens (tertiary/aromatic N) is 1. The van der Waals surface area contributed by atoms with Crippen molar-refractivity contribution in [3.63, 3.8) is 0 Å². The van der Waals surface area contributed by atoms with E-state index in [0.29, 0.717) is 6.79 Å². The van der Waals surface area contributed by atoms with Crippen molar-refractivity contribution in [1.29, 1.82) is 0 Å². The number of hydrogen-bond acceptors (Lipinski definition) is 4. The Morgan fingerprint density at radius 1 is 1.26 bits per heavy atom. The molecule has 4 heteroatoms. The molecule has 1 fully saturated rings. The Labute approximate surface area is 114 Å². The summed E-state index contributed by atoms with van der Waals surface area (Å²) >= 11 is 0. The molecule has 19 heavy (non-hydrogen) atoms. The molecule has 1 saturated heterocycles. The van der Waals surface area contributed by atoms with Crippen LogP contribution in [-0.2, 0) is 0 Å². The van der Waals surface area contributed by atoms with Gasteiger partial charge in [-0.2, -0.15) is 0 Å². The molecule has 104 valence electrons. The highest BCUT2D eigenvalue weighted by atomic mass is 16.7. The lowest BCUT2D eigenvalue weighted by Gasteiger charge is -2.32. The van der Waals surface area contributed by atoms with Gasteiger partial charge in [0.1, 0.15) is 0 Å². The Morgan fingerprint density at radius 2 is 2.00 bits per heavy atom. The molecule has 0 amide bonds. The minimum Gasteiger partial charge on any atom is -0.454 e. The Hall–Kier alpha value is -1.26. The minimum atomic E-state index is 0.0444. The van der Waals surface area contributed by atoms with Crippen molar-refractivity contribution in [2.45, 2.75) is 25.8 Å². The fourth-order valence-electron chi connectivity index (χ4n) is 2.77. The molecule has 2 aliphatic rings. The van der Waals surface area contributed by atoms with Crippen LogP contribution in [-0.4, -0.2) is 31.3 Å². The second-order valence-electron chi connectivity index (χ2n) is 5.70. The van der Waals surface area contributed by atoms with Gasteiger partial charge in [0.15, 0.2) is 11.5 Å². The van der Waals surface area contributed by atoms with E-state index < -0.39 is 0 Å². The van der Waals surface area contributed by atoms with E-state index in [0.717, 1.165) is 29.5 Å². The first-order chi connectivity index (χ1) is 9.22. The molecule has 1 unspecified atom stereocenters. The van der Waals surface area contributed by atoms with Crippen molar-refractivity contribution in [3.05, 3.63) is 23.8 Å². The molecule has 0 aliphatic carbocycles. The van der Waals surface area contributed by atoms with Gasteiger partial charge in [-0.05, 0) is 49.5 Å². The molecule has 0 bridgehead atoms. The molecule has 1 aromatic rings. The topological polar surface area (TPSA) is 47.7 Å². The van der Waals surface area contributed by atoms with Crippen LogP contribution in [0.1, 0.15) is 31.4 Å². The maximum Gasteiger partial charge on any atom is 0.231 e. The molecule has 2 aliphatic heterocycles. The van der Waals surface area contributed by atoms with Crippen LogP contribution in [0.2, 0.25) is 0 Å². The average molecular weight is 262 g/mol. The van der Waals surface area contributed by atoms with Gasteiger partial charge in [0, 0.05) is 12.6 Å². The van der Waals surface area contributed by atoms with Gasteiger partial charge in [0.25, 0.3) is 0 Å². The normalized spacial score (nSPS) is 21.6. The summed E-state index contributed by atoms with van der Waals surface area (Å²) in [6.45, 7) is 5.90. The van der Waals surface area contributed by atoms with Crippen LogP contribution in [0.4, 0.5) is 0 Å². The number of likely N-dealkylation sites (tertiary alicyclic amines) is 1. The van der Waals surface area contributed by atoms with Crippen molar-refractivity contribution >= 4 is 0 Å². The average Bonchev–Trinajstić information content (AvgIpc) is 2.88. The smallest absolute Gasteiger partial charge is 0.231 e. The summed E-state index contributed by atoms with van der Waals surface area (Å²) in [5, 5.41) is 0. The van der Waals surface area contributed by atoms with Gasteiger partial charge in [-0.25, -0.2) is 0 Å². The third-order valence-corrected chi connectivity index (χ3v) is 4.16. The van der Waals surface area contributed by atoms with E-state index in [-0.39, 0.29) is 6.04 Å². The Balaban J connectivity index is 1.62. The first-order valence-electron chi connectivity index (χ1n) is 7.10. The van der Waals surface area contributed by atoms with Crippen LogP contribution in [0.5, 0.6) is 11.5 Å². The molecule has 0 saturated carbocycles. The zero-order chi connectivity index (χ0) is 13.2. The van der Waals surface area contributed by atoms with E-state index in [1.54, 1.807) is 0 Å². The maximum atomic E-state index is 6.32. The summed E-state index contributed by atoms with van der Waals surface area (Å²) in [7, 11) is 0. The fourth-order valence-corrected chi connectivity index (χ4v) is 2.77. The molecular weight excluding hydrogens is 240 g/mol. The van der Waals surface area contributed by atoms with Crippen molar-refractivity contribution in [1.82, 2.24) is 4.90 Å². The summed E-state index contributed by atoms with van der Waals surface area (Å²) < 4.78 is 10.7. The predicted molar refractivity (Wildman–Crippen MR) is 74.3 cm³/mol.